The molecular weight excluding hydrogens is 124 g/mol. The molecular formula is C9H16O. The highest BCUT2D eigenvalue weighted by Gasteiger charge is 2.18. The van der Waals surface area contributed by atoms with Crippen molar-refractivity contribution in [1.29, 1.82) is 0 Å². The molecule has 0 aromatic heterocycles. The summed E-state index contributed by atoms with van der Waals surface area (Å²) in [6.45, 7) is 3.70. The Bertz CT molecular complexity index is 109. The van der Waals surface area contributed by atoms with Crippen LogP contribution in [0.5, 0.6) is 0 Å². The standard InChI is InChI=1S/C9H16O/c1-2-4-8-5-3-6-9(10)7-8/h2,8-10H,1,3-7H2. The predicted molar refractivity (Wildman–Crippen MR) is 42.8 cm³/mol. The van der Waals surface area contributed by atoms with Crippen molar-refractivity contribution in [2.24, 2.45) is 5.92 Å². The van der Waals surface area contributed by atoms with E-state index >= 15 is 0 Å². The number of allylic oxidation sites excluding steroid dienone is 1. The maximum atomic E-state index is 9.27. The predicted octanol–water partition coefficient (Wildman–Crippen LogP) is 2.11. The third-order valence-electron chi connectivity index (χ3n) is 2.26. The fourth-order valence-electron chi connectivity index (χ4n) is 1.71. The first-order valence-corrected chi connectivity index (χ1v) is 4.12. The summed E-state index contributed by atoms with van der Waals surface area (Å²) in [5.74, 6) is 0.709. The van der Waals surface area contributed by atoms with E-state index in [1.165, 1.54) is 12.8 Å². The van der Waals surface area contributed by atoms with Gasteiger partial charge in [0.15, 0.2) is 0 Å². The Morgan fingerprint density at radius 1 is 1.50 bits per heavy atom. The molecule has 58 valence electrons. The molecule has 0 heterocycles. The minimum atomic E-state index is -0.0290. The van der Waals surface area contributed by atoms with Crippen LogP contribution in [0, 0.1) is 5.92 Å². The summed E-state index contributed by atoms with van der Waals surface area (Å²) in [7, 11) is 0. The van der Waals surface area contributed by atoms with Crippen LogP contribution in [0.25, 0.3) is 0 Å². The van der Waals surface area contributed by atoms with E-state index in [1.54, 1.807) is 0 Å². The molecule has 0 saturated heterocycles. The maximum Gasteiger partial charge on any atom is 0.0543 e. The van der Waals surface area contributed by atoms with Gasteiger partial charge in [-0.25, -0.2) is 0 Å². The summed E-state index contributed by atoms with van der Waals surface area (Å²) in [6.07, 6.45) is 7.49. The highest BCUT2D eigenvalue weighted by Crippen LogP contribution is 2.26. The van der Waals surface area contributed by atoms with E-state index in [0.29, 0.717) is 5.92 Å². The Hall–Kier alpha value is -0.300. The average Bonchev–Trinajstić information content (AvgIpc) is 1.88. The van der Waals surface area contributed by atoms with Gasteiger partial charge in [-0.05, 0) is 31.6 Å². The van der Waals surface area contributed by atoms with Crippen molar-refractivity contribution in [3.05, 3.63) is 12.7 Å². The lowest BCUT2D eigenvalue weighted by molar-refractivity contribution is 0.102. The van der Waals surface area contributed by atoms with Crippen molar-refractivity contribution >= 4 is 0 Å². The monoisotopic (exact) mass is 140 g/mol. The first-order chi connectivity index (χ1) is 4.83. The molecule has 1 nitrogen and oxygen atoms in total. The highest BCUT2D eigenvalue weighted by atomic mass is 16.3. The van der Waals surface area contributed by atoms with Crippen LogP contribution in [0.4, 0.5) is 0 Å². The summed E-state index contributed by atoms with van der Waals surface area (Å²) >= 11 is 0. The van der Waals surface area contributed by atoms with Crippen molar-refractivity contribution in [2.75, 3.05) is 0 Å². The van der Waals surface area contributed by atoms with E-state index < -0.39 is 0 Å². The smallest absolute Gasteiger partial charge is 0.0543 e. The van der Waals surface area contributed by atoms with Crippen molar-refractivity contribution in [3.8, 4) is 0 Å². The number of aliphatic hydroxyl groups excluding tert-OH is 1. The zero-order valence-corrected chi connectivity index (χ0v) is 6.42. The van der Waals surface area contributed by atoms with E-state index in [2.05, 4.69) is 6.58 Å². The van der Waals surface area contributed by atoms with Gasteiger partial charge in [0.25, 0.3) is 0 Å². The lowest BCUT2D eigenvalue weighted by Crippen LogP contribution is -2.18. The molecule has 1 rings (SSSR count). The van der Waals surface area contributed by atoms with Gasteiger partial charge in [0.2, 0.25) is 0 Å². The summed E-state index contributed by atoms with van der Waals surface area (Å²) in [4.78, 5) is 0. The van der Waals surface area contributed by atoms with Gasteiger partial charge in [0, 0.05) is 0 Å². The Balaban J connectivity index is 2.24. The Labute approximate surface area is 62.8 Å². The number of aliphatic hydroxyl groups is 1. The molecule has 0 aromatic rings. The molecule has 1 heteroatoms. The molecule has 0 bridgehead atoms. The molecule has 10 heavy (non-hydrogen) atoms. The molecule has 1 saturated carbocycles. The molecule has 0 spiro atoms. The third kappa shape index (κ3) is 2.14. The third-order valence-corrected chi connectivity index (χ3v) is 2.26. The quantitative estimate of drug-likeness (QED) is 0.582. The van der Waals surface area contributed by atoms with Gasteiger partial charge in [-0.15, -0.1) is 6.58 Å². The van der Waals surface area contributed by atoms with Gasteiger partial charge in [0.05, 0.1) is 6.10 Å². The van der Waals surface area contributed by atoms with Crippen LogP contribution in [0.3, 0.4) is 0 Å². The van der Waals surface area contributed by atoms with Crippen LogP contribution >= 0.6 is 0 Å². The van der Waals surface area contributed by atoms with Crippen molar-refractivity contribution in [2.45, 2.75) is 38.2 Å². The maximum absolute atomic E-state index is 9.27. The molecule has 1 aliphatic carbocycles. The second-order valence-corrected chi connectivity index (χ2v) is 3.21. The fourth-order valence-corrected chi connectivity index (χ4v) is 1.71. The van der Waals surface area contributed by atoms with Crippen LogP contribution in [-0.2, 0) is 0 Å². The zero-order valence-electron chi connectivity index (χ0n) is 6.42. The van der Waals surface area contributed by atoms with Crippen molar-refractivity contribution in [1.82, 2.24) is 0 Å². The fraction of sp³-hybridized carbons (Fsp3) is 0.778. The Morgan fingerprint density at radius 3 is 2.90 bits per heavy atom. The molecule has 1 aliphatic rings. The lowest BCUT2D eigenvalue weighted by Gasteiger charge is -2.24. The second kappa shape index (κ2) is 3.77. The van der Waals surface area contributed by atoms with Gasteiger partial charge >= 0.3 is 0 Å². The normalized spacial score (nSPS) is 33.7. The topological polar surface area (TPSA) is 20.2 Å². The molecule has 1 fully saturated rings. The second-order valence-electron chi connectivity index (χ2n) is 3.21. The SMILES string of the molecule is C=CCC1CCCC(O)C1. The minimum absolute atomic E-state index is 0.0290. The van der Waals surface area contributed by atoms with Crippen LogP contribution < -0.4 is 0 Å². The van der Waals surface area contributed by atoms with Crippen LogP contribution in [-0.4, -0.2) is 11.2 Å². The number of rotatable bonds is 2. The van der Waals surface area contributed by atoms with Gasteiger partial charge in [-0.3, -0.25) is 0 Å². The zero-order chi connectivity index (χ0) is 7.40. The van der Waals surface area contributed by atoms with Crippen molar-refractivity contribution in [3.63, 3.8) is 0 Å². The first-order valence-electron chi connectivity index (χ1n) is 4.12. The summed E-state index contributed by atoms with van der Waals surface area (Å²) < 4.78 is 0. The van der Waals surface area contributed by atoms with Crippen LogP contribution in [0.2, 0.25) is 0 Å². The van der Waals surface area contributed by atoms with Crippen LogP contribution in [0.1, 0.15) is 32.1 Å². The Morgan fingerprint density at radius 2 is 2.30 bits per heavy atom. The Kier molecular flexibility index (Phi) is 2.94. The van der Waals surface area contributed by atoms with Crippen molar-refractivity contribution < 1.29 is 5.11 Å². The minimum Gasteiger partial charge on any atom is -0.393 e. The molecule has 2 atom stereocenters. The average molecular weight is 140 g/mol. The molecule has 0 aromatic carbocycles. The number of hydrogen-bond acceptors (Lipinski definition) is 1. The van der Waals surface area contributed by atoms with Gasteiger partial charge in [-0.2, -0.15) is 0 Å². The molecule has 2 unspecified atom stereocenters. The van der Waals surface area contributed by atoms with E-state index in [1.807, 2.05) is 6.08 Å². The van der Waals surface area contributed by atoms with E-state index in [4.69, 9.17) is 0 Å². The number of hydrogen-bond donors (Lipinski definition) is 1. The summed E-state index contributed by atoms with van der Waals surface area (Å²) in [5.41, 5.74) is 0. The van der Waals surface area contributed by atoms with Gasteiger partial charge in [-0.1, -0.05) is 12.5 Å². The molecule has 0 aliphatic heterocycles. The van der Waals surface area contributed by atoms with Gasteiger partial charge in [0.1, 0.15) is 0 Å². The largest absolute Gasteiger partial charge is 0.393 e. The molecule has 0 radical (unpaired) electrons. The van der Waals surface area contributed by atoms with E-state index in [9.17, 15) is 5.11 Å². The first kappa shape index (κ1) is 7.80. The molecule has 0 amide bonds. The highest BCUT2D eigenvalue weighted by molar-refractivity contribution is 4.78. The van der Waals surface area contributed by atoms with E-state index in [-0.39, 0.29) is 6.10 Å². The van der Waals surface area contributed by atoms with E-state index in [0.717, 1.165) is 19.3 Å². The van der Waals surface area contributed by atoms with Crippen LogP contribution in [0.15, 0.2) is 12.7 Å². The summed E-state index contributed by atoms with van der Waals surface area (Å²) in [6, 6.07) is 0. The van der Waals surface area contributed by atoms with Gasteiger partial charge < -0.3 is 5.11 Å². The lowest BCUT2D eigenvalue weighted by atomic mass is 9.85. The summed E-state index contributed by atoms with van der Waals surface area (Å²) in [5, 5.41) is 9.27. The molecule has 1 N–H and O–H groups in total.